The highest BCUT2D eigenvalue weighted by Gasteiger charge is 2.14. The van der Waals surface area contributed by atoms with Gasteiger partial charge in [0.15, 0.2) is 0 Å². The van der Waals surface area contributed by atoms with Gasteiger partial charge in [0.2, 0.25) is 0 Å². The third kappa shape index (κ3) is 3.57. The van der Waals surface area contributed by atoms with Crippen LogP contribution in [0.25, 0.3) is 0 Å². The molecule has 0 amide bonds. The molecule has 0 saturated carbocycles. The molecule has 0 aliphatic heterocycles. The average molecular weight is 290 g/mol. The van der Waals surface area contributed by atoms with Crippen molar-refractivity contribution >= 4 is 15.8 Å². The lowest BCUT2D eigenvalue weighted by molar-refractivity contribution is 0.601. The fourth-order valence-electron chi connectivity index (χ4n) is 1.85. The molecule has 0 spiro atoms. The van der Waals surface area contributed by atoms with Crippen molar-refractivity contribution in [2.45, 2.75) is 31.6 Å². The van der Waals surface area contributed by atoms with Crippen LogP contribution in [-0.2, 0) is 16.4 Å². The van der Waals surface area contributed by atoms with E-state index < -0.39 is 10.0 Å². The van der Waals surface area contributed by atoms with Crippen molar-refractivity contribution in [1.82, 2.24) is 4.98 Å². The van der Waals surface area contributed by atoms with Gasteiger partial charge in [-0.15, -0.1) is 0 Å². The van der Waals surface area contributed by atoms with E-state index in [-0.39, 0.29) is 4.90 Å². The molecule has 0 radical (unpaired) electrons. The van der Waals surface area contributed by atoms with Crippen LogP contribution >= 0.6 is 0 Å². The molecule has 0 fully saturated rings. The van der Waals surface area contributed by atoms with Gasteiger partial charge in [0.1, 0.15) is 5.82 Å². The number of benzene rings is 1. The summed E-state index contributed by atoms with van der Waals surface area (Å²) >= 11 is 0. The fraction of sp³-hybridized carbons (Fsp3) is 0.267. The zero-order chi connectivity index (χ0) is 14.6. The second-order valence-electron chi connectivity index (χ2n) is 4.72. The minimum absolute atomic E-state index is 0.250. The highest BCUT2D eigenvalue weighted by molar-refractivity contribution is 7.92. The summed E-state index contributed by atoms with van der Waals surface area (Å²) in [5.41, 5.74) is 2.12. The Bertz CT molecular complexity index is 662. The predicted molar refractivity (Wildman–Crippen MR) is 80.2 cm³/mol. The number of hydrogen-bond donors (Lipinski definition) is 1. The number of sulfonamides is 1. The summed E-state index contributed by atoms with van der Waals surface area (Å²) in [7, 11) is -3.57. The van der Waals surface area contributed by atoms with Crippen LogP contribution in [0.3, 0.4) is 0 Å². The zero-order valence-corrected chi connectivity index (χ0v) is 12.4. The maximum atomic E-state index is 12.2. The largest absolute Gasteiger partial charge is 0.263 e. The molecule has 20 heavy (non-hydrogen) atoms. The van der Waals surface area contributed by atoms with E-state index in [0.717, 1.165) is 24.0 Å². The first-order valence-electron chi connectivity index (χ1n) is 6.55. The highest BCUT2D eigenvalue weighted by Crippen LogP contribution is 2.16. The van der Waals surface area contributed by atoms with Crippen LogP contribution in [0, 0.1) is 6.92 Å². The first-order valence-corrected chi connectivity index (χ1v) is 8.04. The van der Waals surface area contributed by atoms with Crippen molar-refractivity contribution in [3.8, 4) is 0 Å². The summed E-state index contributed by atoms with van der Waals surface area (Å²) in [4.78, 5) is 4.30. The predicted octanol–water partition coefficient (Wildman–Crippen LogP) is 3.14. The molecule has 2 aromatic rings. The van der Waals surface area contributed by atoms with E-state index in [1.165, 1.54) is 0 Å². The van der Waals surface area contributed by atoms with Crippen molar-refractivity contribution < 1.29 is 8.42 Å². The zero-order valence-electron chi connectivity index (χ0n) is 11.6. The molecule has 5 heteroatoms. The van der Waals surface area contributed by atoms with Crippen molar-refractivity contribution in [2.75, 3.05) is 4.72 Å². The fourth-order valence-corrected chi connectivity index (χ4v) is 2.86. The monoisotopic (exact) mass is 290 g/mol. The number of rotatable bonds is 5. The SMILES string of the molecule is CCCc1ccc(S(=O)(=O)Nc2ccc(C)cn2)cc1. The number of anilines is 1. The lowest BCUT2D eigenvalue weighted by Crippen LogP contribution is -2.13. The molecule has 0 atom stereocenters. The molecule has 1 aromatic heterocycles. The van der Waals surface area contributed by atoms with Gasteiger partial charge in [-0.25, -0.2) is 13.4 Å². The Balaban J connectivity index is 2.19. The molecule has 0 aliphatic carbocycles. The summed E-state index contributed by atoms with van der Waals surface area (Å²) < 4.78 is 26.9. The Morgan fingerprint density at radius 3 is 2.35 bits per heavy atom. The Labute approximate surface area is 119 Å². The van der Waals surface area contributed by atoms with Crippen molar-refractivity contribution in [3.63, 3.8) is 0 Å². The Kier molecular flexibility index (Phi) is 4.39. The molecule has 0 bridgehead atoms. The van der Waals surface area contributed by atoms with Gasteiger partial charge in [0, 0.05) is 6.20 Å². The lowest BCUT2D eigenvalue weighted by Gasteiger charge is -2.08. The van der Waals surface area contributed by atoms with Gasteiger partial charge in [-0.3, -0.25) is 4.72 Å². The minimum atomic E-state index is -3.57. The minimum Gasteiger partial charge on any atom is -0.263 e. The van der Waals surface area contributed by atoms with Crippen LogP contribution in [0.2, 0.25) is 0 Å². The first-order chi connectivity index (χ1) is 9.51. The van der Waals surface area contributed by atoms with Gasteiger partial charge in [-0.1, -0.05) is 31.5 Å². The number of aromatic nitrogens is 1. The summed E-state index contributed by atoms with van der Waals surface area (Å²) in [6, 6.07) is 10.4. The maximum Gasteiger partial charge on any atom is 0.263 e. The Morgan fingerprint density at radius 1 is 1.10 bits per heavy atom. The number of nitrogens with one attached hydrogen (secondary N) is 1. The van der Waals surface area contributed by atoms with Gasteiger partial charge in [-0.2, -0.15) is 0 Å². The van der Waals surface area contributed by atoms with E-state index in [1.54, 1.807) is 24.4 Å². The van der Waals surface area contributed by atoms with Crippen molar-refractivity contribution in [2.24, 2.45) is 0 Å². The van der Waals surface area contributed by atoms with Gasteiger partial charge < -0.3 is 0 Å². The molecule has 0 unspecified atom stereocenters. The van der Waals surface area contributed by atoms with Crippen molar-refractivity contribution in [1.29, 1.82) is 0 Å². The van der Waals surface area contributed by atoms with Crippen LogP contribution in [-0.4, -0.2) is 13.4 Å². The second-order valence-corrected chi connectivity index (χ2v) is 6.40. The van der Waals surface area contributed by atoms with Crippen LogP contribution in [0.5, 0.6) is 0 Å². The molecule has 1 N–H and O–H groups in total. The molecule has 0 aliphatic rings. The third-order valence-electron chi connectivity index (χ3n) is 2.92. The van der Waals surface area contributed by atoms with Gasteiger partial charge in [0.05, 0.1) is 4.90 Å². The molecule has 0 saturated heterocycles. The molecular weight excluding hydrogens is 272 g/mol. The number of aryl methyl sites for hydroxylation is 2. The third-order valence-corrected chi connectivity index (χ3v) is 4.29. The summed E-state index contributed by atoms with van der Waals surface area (Å²) in [5.74, 6) is 0.327. The first kappa shape index (κ1) is 14.5. The molecular formula is C15H18N2O2S. The van der Waals surface area contributed by atoms with E-state index in [4.69, 9.17) is 0 Å². The van der Waals surface area contributed by atoms with E-state index in [0.29, 0.717) is 5.82 Å². The molecule has 2 rings (SSSR count). The second kappa shape index (κ2) is 6.05. The Hall–Kier alpha value is -1.88. The normalized spacial score (nSPS) is 11.3. The van der Waals surface area contributed by atoms with E-state index in [1.807, 2.05) is 25.1 Å². The average Bonchev–Trinajstić information content (AvgIpc) is 2.42. The van der Waals surface area contributed by atoms with E-state index in [2.05, 4.69) is 16.6 Å². The van der Waals surface area contributed by atoms with Crippen LogP contribution in [0.4, 0.5) is 5.82 Å². The summed E-state index contributed by atoms with van der Waals surface area (Å²) in [5, 5.41) is 0. The molecule has 1 heterocycles. The number of hydrogen-bond acceptors (Lipinski definition) is 3. The Morgan fingerprint density at radius 2 is 1.80 bits per heavy atom. The van der Waals surface area contributed by atoms with Gasteiger partial charge in [-0.05, 0) is 42.7 Å². The van der Waals surface area contributed by atoms with Crippen LogP contribution in [0.15, 0.2) is 47.5 Å². The van der Waals surface area contributed by atoms with Gasteiger partial charge in [0.25, 0.3) is 10.0 Å². The number of pyridine rings is 1. The van der Waals surface area contributed by atoms with E-state index in [9.17, 15) is 8.42 Å². The van der Waals surface area contributed by atoms with E-state index >= 15 is 0 Å². The summed E-state index contributed by atoms with van der Waals surface area (Å²) in [6.07, 6.45) is 3.62. The number of nitrogens with zero attached hydrogens (tertiary/aromatic N) is 1. The molecule has 4 nitrogen and oxygen atoms in total. The molecule has 106 valence electrons. The smallest absolute Gasteiger partial charge is 0.263 e. The van der Waals surface area contributed by atoms with Gasteiger partial charge >= 0.3 is 0 Å². The summed E-state index contributed by atoms with van der Waals surface area (Å²) in [6.45, 7) is 3.99. The maximum absolute atomic E-state index is 12.2. The quantitative estimate of drug-likeness (QED) is 0.920. The van der Waals surface area contributed by atoms with Crippen LogP contribution in [0.1, 0.15) is 24.5 Å². The standard InChI is InChI=1S/C15H18N2O2S/c1-3-4-13-6-8-14(9-7-13)20(18,19)17-15-10-5-12(2)11-16-15/h5-11H,3-4H2,1-2H3,(H,16,17). The molecule has 1 aromatic carbocycles. The topological polar surface area (TPSA) is 59.1 Å². The van der Waals surface area contributed by atoms with Crippen molar-refractivity contribution in [3.05, 3.63) is 53.7 Å². The lowest BCUT2D eigenvalue weighted by atomic mass is 10.1. The highest BCUT2D eigenvalue weighted by atomic mass is 32.2. The van der Waals surface area contributed by atoms with Crippen LogP contribution < -0.4 is 4.72 Å².